The summed E-state index contributed by atoms with van der Waals surface area (Å²) in [4.78, 5) is 0. The molecule has 0 amide bonds. The minimum atomic E-state index is 0.759. The normalized spacial score (nSPS) is 11.8. The van der Waals surface area contributed by atoms with E-state index in [1.807, 2.05) is 41.2 Å². The monoisotopic (exact) mass is 380 g/mol. The molecule has 5 nitrogen and oxygen atoms in total. The molecule has 0 aliphatic rings. The van der Waals surface area contributed by atoms with Gasteiger partial charge in [0.2, 0.25) is 0 Å². The summed E-state index contributed by atoms with van der Waals surface area (Å²) < 4.78 is 4.14. The average Bonchev–Trinajstić information content (AvgIpc) is 3.33. The fourth-order valence-corrected chi connectivity index (χ4v) is 4.02. The minimum absolute atomic E-state index is 0.759. The molecule has 0 bridgehead atoms. The second-order valence-electron chi connectivity index (χ2n) is 6.95. The van der Waals surface area contributed by atoms with Crippen LogP contribution in [0.2, 0.25) is 0 Å². The fraction of sp³-hybridized carbons (Fsp3) is 0.0833. The van der Waals surface area contributed by atoms with Gasteiger partial charge in [-0.3, -0.25) is 0 Å². The van der Waals surface area contributed by atoms with Crippen LogP contribution in [0.1, 0.15) is 12.5 Å². The summed E-state index contributed by atoms with van der Waals surface area (Å²) in [5.41, 5.74) is 5.92. The molecule has 0 aliphatic heterocycles. The van der Waals surface area contributed by atoms with Crippen molar-refractivity contribution >= 4 is 28.0 Å². The molecule has 0 radical (unpaired) electrons. The Morgan fingerprint density at radius 1 is 0.931 bits per heavy atom. The second-order valence-corrected chi connectivity index (χ2v) is 6.95. The quantitative estimate of drug-likeness (QED) is 0.255. The van der Waals surface area contributed by atoms with Crippen LogP contribution in [0.3, 0.4) is 0 Å². The third-order valence-electron chi connectivity index (χ3n) is 5.32. The SMILES string of the molecule is CCn1c2ccccc2c2cc(-c3nn(-c4ccccc4)cc3C=NO)ccc21. The number of aryl methyl sites for hydroxylation is 1. The zero-order valence-electron chi connectivity index (χ0n) is 16.0. The summed E-state index contributed by atoms with van der Waals surface area (Å²) in [6.45, 7) is 3.07. The molecule has 5 heteroatoms. The van der Waals surface area contributed by atoms with Crippen LogP contribution in [0.4, 0.5) is 0 Å². The molecule has 1 N–H and O–H groups in total. The smallest absolute Gasteiger partial charge is 0.102 e. The standard InChI is InChI=1S/C24H20N4O/c1-2-27-22-11-7-6-10-20(22)21-14-17(12-13-23(21)27)24-18(15-25-29)16-28(26-24)19-8-4-3-5-9-19/h3-16,29H,2H2,1H3. The highest BCUT2D eigenvalue weighted by atomic mass is 16.4. The van der Waals surface area contributed by atoms with Gasteiger partial charge in [-0.25, -0.2) is 4.68 Å². The summed E-state index contributed by atoms with van der Waals surface area (Å²) in [5.74, 6) is 0. The number of aromatic nitrogens is 3. The van der Waals surface area contributed by atoms with Crippen molar-refractivity contribution in [2.45, 2.75) is 13.5 Å². The van der Waals surface area contributed by atoms with Crippen LogP contribution in [0.25, 0.3) is 38.8 Å². The molecule has 0 atom stereocenters. The van der Waals surface area contributed by atoms with Crippen LogP contribution in [-0.2, 0) is 6.54 Å². The highest BCUT2D eigenvalue weighted by Crippen LogP contribution is 2.33. The highest BCUT2D eigenvalue weighted by Gasteiger charge is 2.15. The van der Waals surface area contributed by atoms with Gasteiger partial charge in [-0.15, -0.1) is 0 Å². The Morgan fingerprint density at radius 2 is 1.69 bits per heavy atom. The zero-order valence-corrected chi connectivity index (χ0v) is 16.0. The largest absolute Gasteiger partial charge is 0.411 e. The van der Waals surface area contributed by atoms with Gasteiger partial charge in [0, 0.05) is 45.7 Å². The van der Waals surface area contributed by atoms with Crippen LogP contribution in [-0.4, -0.2) is 25.8 Å². The third-order valence-corrected chi connectivity index (χ3v) is 5.32. The number of fused-ring (bicyclic) bond motifs is 3. The topological polar surface area (TPSA) is 55.3 Å². The molecular weight excluding hydrogens is 360 g/mol. The van der Waals surface area contributed by atoms with Crippen LogP contribution in [0, 0.1) is 0 Å². The van der Waals surface area contributed by atoms with Crippen molar-refractivity contribution < 1.29 is 5.21 Å². The lowest BCUT2D eigenvalue weighted by molar-refractivity contribution is 0.322. The van der Waals surface area contributed by atoms with Crippen LogP contribution < -0.4 is 0 Å². The molecular formula is C24H20N4O. The van der Waals surface area contributed by atoms with E-state index in [1.165, 1.54) is 28.0 Å². The zero-order chi connectivity index (χ0) is 19.8. The van der Waals surface area contributed by atoms with E-state index in [2.05, 4.69) is 59.1 Å². The second kappa shape index (κ2) is 6.95. The first-order chi connectivity index (χ1) is 14.3. The molecule has 2 heterocycles. The van der Waals surface area contributed by atoms with Crippen LogP contribution in [0.15, 0.2) is 84.1 Å². The van der Waals surface area contributed by atoms with Crippen molar-refractivity contribution in [1.29, 1.82) is 0 Å². The molecule has 29 heavy (non-hydrogen) atoms. The highest BCUT2D eigenvalue weighted by molar-refractivity contribution is 6.09. The van der Waals surface area contributed by atoms with Crippen molar-refractivity contribution in [2.24, 2.45) is 5.16 Å². The van der Waals surface area contributed by atoms with Crippen molar-refractivity contribution in [3.8, 4) is 16.9 Å². The van der Waals surface area contributed by atoms with E-state index in [0.717, 1.165) is 29.1 Å². The molecule has 3 aromatic carbocycles. The van der Waals surface area contributed by atoms with Crippen molar-refractivity contribution in [1.82, 2.24) is 14.3 Å². The van der Waals surface area contributed by atoms with E-state index in [1.54, 1.807) is 0 Å². The van der Waals surface area contributed by atoms with Gasteiger partial charge in [0.1, 0.15) is 5.69 Å². The Hall–Kier alpha value is -3.86. The van der Waals surface area contributed by atoms with Gasteiger partial charge < -0.3 is 9.77 Å². The number of hydrogen-bond acceptors (Lipinski definition) is 3. The first kappa shape index (κ1) is 17.3. The predicted octanol–water partition coefficient (Wildman–Crippen LogP) is 5.48. The molecule has 2 aromatic heterocycles. The number of oxime groups is 1. The van der Waals surface area contributed by atoms with Crippen LogP contribution in [0.5, 0.6) is 0 Å². The Labute approximate surface area is 168 Å². The number of rotatable bonds is 4. The maximum absolute atomic E-state index is 9.15. The lowest BCUT2D eigenvalue weighted by Gasteiger charge is -2.04. The number of benzene rings is 3. The van der Waals surface area contributed by atoms with E-state index >= 15 is 0 Å². The number of hydrogen-bond donors (Lipinski definition) is 1. The lowest BCUT2D eigenvalue weighted by atomic mass is 10.0. The fourth-order valence-electron chi connectivity index (χ4n) is 4.02. The Bertz CT molecular complexity index is 1350. The third kappa shape index (κ3) is 2.79. The Morgan fingerprint density at radius 3 is 2.48 bits per heavy atom. The average molecular weight is 380 g/mol. The first-order valence-corrected chi connectivity index (χ1v) is 9.64. The van der Waals surface area contributed by atoms with Crippen molar-refractivity contribution in [3.05, 3.63) is 84.6 Å². The molecule has 0 unspecified atom stereocenters. The molecule has 5 aromatic rings. The van der Waals surface area contributed by atoms with E-state index in [4.69, 9.17) is 10.3 Å². The Balaban J connectivity index is 1.73. The van der Waals surface area contributed by atoms with Gasteiger partial charge in [0.25, 0.3) is 0 Å². The molecule has 0 spiro atoms. The van der Waals surface area contributed by atoms with Crippen molar-refractivity contribution in [2.75, 3.05) is 0 Å². The van der Waals surface area contributed by atoms with E-state index in [-0.39, 0.29) is 0 Å². The molecule has 0 saturated heterocycles. The Kier molecular flexibility index (Phi) is 4.13. The van der Waals surface area contributed by atoms with Crippen LogP contribution >= 0.6 is 0 Å². The maximum Gasteiger partial charge on any atom is 0.102 e. The first-order valence-electron chi connectivity index (χ1n) is 9.64. The summed E-state index contributed by atoms with van der Waals surface area (Å²) in [5, 5.41) is 19.6. The van der Waals surface area contributed by atoms with Gasteiger partial charge in [-0.2, -0.15) is 5.10 Å². The van der Waals surface area contributed by atoms with Gasteiger partial charge in [-0.05, 0) is 37.3 Å². The molecule has 0 aliphatic carbocycles. The number of para-hydroxylation sites is 2. The van der Waals surface area contributed by atoms with E-state index in [0.29, 0.717) is 0 Å². The predicted molar refractivity (Wildman–Crippen MR) is 117 cm³/mol. The maximum atomic E-state index is 9.15. The van der Waals surface area contributed by atoms with Gasteiger partial charge in [0.15, 0.2) is 0 Å². The van der Waals surface area contributed by atoms with Gasteiger partial charge >= 0.3 is 0 Å². The summed E-state index contributed by atoms with van der Waals surface area (Å²) in [7, 11) is 0. The molecule has 0 saturated carbocycles. The molecule has 0 fully saturated rings. The van der Waals surface area contributed by atoms with E-state index < -0.39 is 0 Å². The number of nitrogens with zero attached hydrogens (tertiary/aromatic N) is 4. The summed E-state index contributed by atoms with van der Waals surface area (Å²) in [6.07, 6.45) is 3.31. The molecule has 5 rings (SSSR count). The van der Waals surface area contributed by atoms with Gasteiger partial charge in [-0.1, -0.05) is 47.6 Å². The summed E-state index contributed by atoms with van der Waals surface area (Å²) >= 11 is 0. The lowest BCUT2D eigenvalue weighted by Crippen LogP contribution is -1.94. The van der Waals surface area contributed by atoms with Gasteiger partial charge in [0.05, 0.1) is 11.9 Å². The molecule has 142 valence electrons. The minimum Gasteiger partial charge on any atom is -0.411 e. The summed E-state index contributed by atoms with van der Waals surface area (Å²) in [6, 6.07) is 24.8. The van der Waals surface area contributed by atoms with Crippen molar-refractivity contribution in [3.63, 3.8) is 0 Å². The van der Waals surface area contributed by atoms with E-state index in [9.17, 15) is 0 Å².